The Morgan fingerprint density at radius 1 is 1.38 bits per heavy atom. The van der Waals surface area contributed by atoms with Gasteiger partial charge in [-0.3, -0.25) is 4.79 Å². The molecule has 2 fully saturated rings. The number of rotatable bonds is 3. The van der Waals surface area contributed by atoms with E-state index >= 15 is 0 Å². The van der Waals surface area contributed by atoms with E-state index in [0.29, 0.717) is 30.8 Å². The number of nitrogens with zero attached hydrogens (tertiary/aromatic N) is 1. The van der Waals surface area contributed by atoms with Crippen molar-refractivity contribution in [2.75, 3.05) is 13.1 Å². The summed E-state index contributed by atoms with van der Waals surface area (Å²) in [5.74, 6) is 1.59. The minimum Gasteiger partial charge on any atom is -0.339 e. The van der Waals surface area contributed by atoms with E-state index in [-0.39, 0.29) is 0 Å². The summed E-state index contributed by atoms with van der Waals surface area (Å²) in [5.41, 5.74) is 5.66. The lowest BCUT2D eigenvalue weighted by Crippen LogP contribution is -2.40. The summed E-state index contributed by atoms with van der Waals surface area (Å²) in [4.78, 5) is 14.0. The van der Waals surface area contributed by atoms with Crippen LogP contribution in [-0.2, 0) is 4.79 Å². The maximum absolute atomic E-state index is 11.9. The zero-order valence-corrected chi connectivity index (χ0v) is 10.3. The van der Waals surface area contributed by atoms with Crippen LogP contribution in [0, 0.1) is 11.8 Å². The molecular formula is C13H24N2O. The summed E-state index contributed by atoms with van der Waals surface area (Å²) in [6.45, 7) is 3.84. The molecule has 3 nitrogen and oxygen atoms in total. The van der Waals surface area contributed by atoms with E-state index in [9.17, 15) is 4.79 Å². The van der Waals surface area contributed by atoms with Gasteiger partial charge in [0.05, 0.1) is 0 Å². The first kappa shape index (κ1) is 11.9. The number of likely N-dealkylation sites (tertiary alicyclic amines) is 1. The van der Waals surface area contributed by atoms with Crippen molar-refractivity contribution in [3.05, 3.63) is 0 Å². The van der Waals surface area contributed by atoms with Crippen LogP contribution in [0.5, 0.6) is 0 Å². The quantitative estimate of drug-likeness (QED) is 0.794. The van der Waals surface area contributed by atoms with Crippen molar-refractivity contribution in [1.82, 2.24) is 4.90 Å². The number of amides is 1. The summed E-state index contributed by atoms with van der Waals surface area (Å²) >= 11 is 0. The van der Waals surface area contributed by atoms with Crippen LogP contribution in [0.4, 0.5) is 0 Å². The first-order chi connectivity index (χ1) is 7.74. The van der Waals surface area contributed by atoms with Crippen LogP contribution in [0.2, 0.25) is 0 Å². The van der Waals surface area contributed by atoms with Crippen molar-refractivity contribution in [2.24, 2.45) is 17.6 Å². The second kappa shape index (κ2) is 5.17. The van der Waals surface area contributed by atoms with Crippen LogP contribution in [-0.4, -0.2) is 29.9 Å². The predicted octanol–water partition coefficient (Wildman–Crippen LogP) is 1.76. The minimum absolute atomic E-state index is 0.345. The van der Waals surface area contributed by atoms with Gasteiger partial charge in [0, 0.05) is 19.0 Å². The molecule has 1 aliphatic carbocycles. The molecule has 0 radical (unpaired) electrons. The minimum atomic E-state index is 0.345. The Morgan fingerprint density at radius 3 is 2.81 bits per heavy atom. The average molecular weight is 224 g/mol. The SMILES string of the molecule is CCC1CCCC(N2CC(CN)CC2=O)C1. The number of carbonyl (C=O) groups is 1. The highest BCUT2D eigenvalue weighted by atomic mass is 16.2. The number of carbonyl (C=O) groups excluding carboxylic acids is 1. The van der Waals surface area contributed by atoms with E-state index < -0.39 is 0 Å². The predicted molar refractivity (Wildman–Crippen MR) is 64.9 cm³/mol. The fourth-order valence-corrected chi connectivity index (χ4v) is 3.24. The highest BCUT2D eigenvalue weighted by molar-refractivity contribution is 5.79. The molecule has 0 spiro atoms. The molecule has 2 N–H and O–H groups in total. The van der Waals surface area contributed by atoms with Gasteiger partial charge >= 0.3 is 0 Å². The molecule has 1 saturated heterocycles. The molecule has 2 aliphatic rings. The van der Waals surface area contributed by atoms with Crippen LogP contribution in [0.25, 0.3) is 0 Å². The van der Waals surface area contributed by atoms with Gasteiger partial charge in [-0.2, -0.15) is 0 Å². The molecule has 1 heterocycles. The van der Waals surface area contributed by atoms with Gasteiger partial charge in [-0.25, -0.2) is 0 Å². The highest BCUT2D eigenvalue weighted by Crippen LogP contribution is 2.32. The van der Waals surface area contributed by atoms with Crippen molar-refractivity contribution in [3.8, 4) is 0 Å². The summed E-state index contributed by atoms with van der Waals surface area (Å²) < 4.78 is 0. The summed E-state index contributed by atoms with van der Waals surface area (Å²) in [6.07, 6.45) is 7.03. The van der Waals surface area contributed by atoms with E-state index in [0.717, 1.165) is 12.5 Å². The van der Waals surface area contributed by atoms with Gasteiger partial charge in [-0.15, -0.1) is 0 Å². The van der Waals surface area contributed by atoms with Gasteiger partial charge in [-0.1, -0.05) is 26.2 Å². The Hall–Kier alpha value is -0.570. The van der Waals surface area contributed by atoms with Gasteiger partial charge in [-0.05, 0) is 31.2 Å². The molecule has 0 aromatic carbocycles. The zero-order chi connectivity index (χ0) is 11.5. The lowest BCUT2D eigenvalue weighted by molar-refractivity contribution is -0.130. The van der Waals surface area contributed by atoms with Crippen molar-refractivity contribution in [1.29, 1.82) is 0 Å². The van der Waals surface area contributed by atoms with Gasteiger partial charge in [0.15, 0.2) is 0 Å². The topological polar surface area (TPSA) is 46.3 Å². The Labute approximate surface area is 98.4 Å². The van der Waals surface area contributed by atoms with E-state index in [4.69, 9.17) is 5.73 Å². The standard InChI is InChI=1S/C13H24N2O/c1-2-10-4-3-5-12(6-10)15-9-11(8-14)7-13(15)16/h10-12H,2-9,14H2,1H3. The van der Waals surface area contributed by atoms with Crippen molar-refractivity contribution in [2.45, 2.75) is 51.5 Å². The monoisotopic (exact) mass is 224 g/mol. The zero-order valence-electron chi connectivity index (χ0n) is 10.3. The molecular weight excluding hydrogens is 200 g/mol. The number of hydrogen-bond donors (Lipinski definition) is 1. The molecule has 1 saturated carbocycles. The van der Waals surface area contributed by atoms with Crippen molar-refractivity contribution in [3.63, 3.8) is 0 Å². The lowest BCUT2D eigenvalue weighted by Gasteiger charge is -2.35. The third kappa shape index (κ3) is 2.40. The second-order valence-electron chi connectivity index (χ2n) is 5.45. The molecule has 16 heavy (non-hydrogen) atoms. The third-order valence-corrected chi connectivity index (χ3v) is 4.35. The molecule has 0 aromatic rings. The Balaban J connectivity index is 1.94. The van der Waals surface area contributed by atoms with Crippen LogP contribution >= 0.6 is 0 Å². The van der Waals surface area contributed by atoms with Gasteiger partial charge in [0.25, 0.3) is 0 Å². The van der Waals surface area contributed by atoms with E-state index in [2.05, 4.69) is 11.8 Å². The smallest absolute Gasteiger partial charge is 0.223 e. The third-order valence-electron chi connectivity index (χ3n) is 4.35. The fraction of sp³-hybridized carbons (Fsp3) is 0.923. The summed E-state index contributed by atoms with van der Waals surface area (Å²) in [7, 11) is 0. The molecule has 92 valence electrons. The van der Waals surface area contributed by atoms with Crippen LogP contribution in [0.15, 0.2) is 0 Å². The van der Waals surface area contributed by atoms with Crippen LogP contribution in [0.3, 0.4) is 0 Å². The summed E-state index contributed by atoms with van der Waals surface area (Å²) in [6, 6.07) is 0.516. The summed E-state index contributed by atoms with van der Waals surface area (Å²) in [5, 5.41) is 0. The van der Waals surface area contributed by atoms with E-state index in [1.807, 2.05) is 0 Å². The Bertz CT molecular complexity index is 254. The molecule has 1 amide bonds. The van der Waals surface area contributed by atoms with Crippen LogP contribution in [0.1, 0.15) is 45.4 Å². The first-order valence-electron chi connectivity index (χ1n) is 6.74. The maximum atomic E-state index is 11.9. The molecule has 0 aromatic heterocycles. The molecule has 1 aliphatic heterocycles. The maximum Gasteiger partial charge on any atom is 0.223 e. The number of nitrogens with two attached hydrogens (primary N) is 1. The number of hydrogen-bond acceptors (Lipinski definition) is 2. The molecule has 2 rings (SSSR count). The van der Waals surface area contributed by atoms with Gasteiger partial charge in [0.1, 0.15) is 0 Å². The van der Waals surface area contributed by atoms with Crippen molar-refractivity contribution >= 4 is 5.91 Å². The van der Waals surface area contributed by atoms with Crippen LogP contribution < -0.4 is 5.73 Å². The van der Waals surface area contributed by atoms with E-state index in [1.165, 1.54) is 32.1 Å². The molecule has 0 bridgehead atoms. The average Bonchev–Trinajstić information content (AvgIpc) is 2.71. The van der Waals surface area contributed by atoms with Crippen molar-refractivity contribution < 1.29 is 4.79 Å². The van der Waals surface area contributed by atoms with E-state index in [1.54, 1.807) is 0 Å². The largest absolute Gasteiger partial charge is 0.339 e. The highest BCUT2D eigenvalue weighted by Gasteiger charge is 2.35. The van der Waals surface area contributed by atoms with Gasteiger partial charge < -0.3 is 10.6 Å². The fourth-order valence-electron chi connectivity index (χ4n) is 3.24. The first-order valence-corrected chi connectivity index (χ1v) is 6.74. The molecule has 3 heteroatoms. The molecule has 3 unspecified atom stereocenters. The Morgan fingerprint density at radius 2 is 2.19 bits per heavy atom. The van der Waals surface area contributed by atoms with Gasteiger partial charge in [0.2, 0.25) is 5.91 Å². The lowest BCUT2D eigenvalue weighted by atomic mass is 9.83. The second-order valence-corrected chi connectivity index (χ2v) is 5.45. The normalized spacial score (nSPS) is 35.8. The molecule has 3 atom stereocenters. The Kier molecular flexibility index (Phi) is 3.85.